The molecule has 164 valence electrons. The SMILES string of the molecule is O=C(Nc1cccc(Cl)n1)N1CC(c2ccc(C(F)(F)F)cn2)C(c2ccc(F)cc2)=N1. The molecule has 4 rings (SSSR count). The zero-order valence-electron chi connectivity index (χ0n) is 16.1. The molecule has 1 aliphatic heterocycles. The topological polar surface area (TPSA) is 70.5 Å². The van der Waals surface area contributed by atoms with E-state index in [-0.39, 0.29) is 23.2 Å². The molecule has 1 aliphatic rings. The van der Waals surface area contributed by atoms with Crippen molar-refractivity contribution in [3.05, 3.63) is 88.6 Å². The third kappa shape index (κ3) is 4.70. The lowest BCUT2D eigenvalue weighted by molar-refractivity contribution is -0.137. The first-order valence-electron chi connectivity index (χ1n) is 9.29. The summed E-state index contributed by atoms with van der Waals surface area (Å²) in [6.07, 6.45) is -3.79. The number of nitrogens with zero attached hydrogens (tertiary/aromatic N) is 4. The Kier molecular flexibility index (Phi) is 5.79. The highest BCUT2D eigenvalue weighted by Gasteiger charge is 2.35. The van der Waals surface area contributed by atoms with E-state index < -0.39 is 29.5 Å². The van der Waals surface area contributed by atoms with Crippen LogP contribution < -0.4 is 5.32 Å². The molecule has 32 heavy (non-hydrogen) atoms. The number of halogens is 5. The number of rotatable bonds is 3. The molecule has 3 aromatic rings. The summed E-state index contributed by atoms with van der Waals surface area (Å²) in [5.41, 5.74) is 0.277. The summed E-state index contributed by atoms with van der Waals surface area (Å²) in [5.74, 6) is -0.879. The fourth-order valence-electron chi connectivity index (χ4n) is 3.17. The molecule has 0 saturated carbocycles. The van der Waals surface area contributed by atoms with Gasteiger partial charge in [0, 0.05) is 6.20 Å². The maximum atomic E-state index is 13.4. The van der Waals surface area contributed by atoms with Gasteiger partial charge < -0.3 is 0 Å². The van der Waals surface area contributed by atoms with Gasteiger partial charge in [0.1, 0.15) is 16.8 Å². The van der Waals surface area contributed by atoms with Crippen LogP contribution in [0.25, 0.3) is 0 Å². The largest absolute Gasteiger partial charge is 0.417 e. The molecular weight excluding hydrogens is 450 g/mol. The molecule has 2 amide bonds. The van der Waals surface area contributed by atoms with Crippen molar-refractivity contribution in [2.75, 3.05) is 11.9 Å². The minimum Gasteiger partial charge on any atom is -0.291 e. The Bertz CT molecular complexity index is 1170. The van der Waals surface area contributed by atoms with Crippen molar-refractivity contribution in [2.45, 2.75) is 12.1 Å². The third-order valence-corrected chi connectivity index (χ3v) is 4.92. The lowest BCUT2D eigenvalue weighted by Crippen LogP contribution is -2.30. The van der Waals surface area contributed by atoms with E-state index in [4.69, 9.17) is 11.6 Å². The summed E-state index contributed by atoms with van der Waals surface area (Å²) in [7, 11) is 0. The average Bonchev–Trinajstić information content (AvgIpc) is 3.19. The molecule has 0 bridgehead atoms. The fourth-order valence-corrected chi connectivity index (χ4v) is 3.34. The number of amides is 2. The van der Waals surface area contributed by atoms with Crippen LogP contribution in [-0.4, -0.2) is 33.3 Å². The number of hydrazone groups is 1. The molecule has 1 unspecified atom stereocenters. The quantitative estimate of drug-likeness (QED) is 0.422. The van der Waals surface area contributed by atoms with Crippen LogP contribution in [0.4, 0.5) is 28.2 Å². The van der Waals surface area contributed by atoms with E-state index in [0.29, 0.717) is 11.3 Å². The summed E-state index contributed by atoms with van der Waals surface area (Å²) in [4.78, 5) is 20.6. The summed E-state index contributed by atoms with van der Waals surface area (Å²) in [5, 5.41) is 8.19. The highest BCUT2D eigenvalue weighted by Crippen LogP contribution is 2.32. The van der Waals surface area contributed by atoms with Gasteiger partial charge >= 0.3 is 12.2 Å². The third-order valence-electron chi connectivity index (χ3n) is 4.71. The van der Waals surface area contributed by atoms with Crippen molar-refractivity contribution in [1.82, 2.24) is 15.0 Å². The molecule has 0 saturated heterocycles. The Labute approximate surface area is 184 Å². The van der Waals surface area contributed by atoms with Crippen molar-refractivity contribution in [2.24, 2.45) is 5.10 Å². The highest BCUT2D eigenvalue weighted by atomic mass is 35.5. The first-order chi connectivity index (χ1) is 15.2. The molecule has 1 N–H and O–H groups in total. The molecule has 0 fully saturated rings. The highest BCUT2D eigenvalue weighted by molar-refractivity contribution is 6.29. The number of hydrogen-bond acceptors (Lipinski definition) is 4. The van der Waals surface area contributed by atoms with E-state index in [1.54, 1.807) is 18.2 Å². The predicted octanol–water partition coefficient (Wildman–Crippen LogP) is 5.32. The summed E-state index contributed by atoms with van der Waals surface area (Å²) in [6.45, 7) is 0.0114. The van der Waals surface area contributed by atoms with Crippen molar-refractivity contribution < 1.29 is 22.4 Å². The number of carbonyl (C=O) groups is 1. The molecule has 6 nitrogen and oxygen atoms in total. The molecule has 1 aromatic carbocycles. The van der Waals surface area contributed by atoms with Gasteiger partial charge in [0.2, 0.25) is 0 Å². The average molecular weight is 464 g/mol. The minimum absolute atomic E-state index is 0.0114. The van der Waals surface area contributed by atoms with E-state index in [0.717, 1.165) is 17.3 Å². The van der Waals surface area contributed by atoms with Gasteiger partial charge in [-0.05, 0) is 42.0 Å². The second-order valence-corrected chi connectivity index (χ2v) is 7.26. The molecule has 1 atom stereocenters. The smallest absolute Gasteiger partial charge is 0.291 e. The number of carbonyl (C=O) groups excluding carboxylic acids is 1. The molecule has 2 aromatic heterocycles. The monoisotopic (exact) mass is 463 g/mol. The number of benzene rings is 1. The van der Waals surface area contributed by atoms with Crippen LogP contribution in [0.5, 0.6) is 0 Å². The van der Waals surface area contributed by atoms with Crippen molar-refractivity contribution >= 4 is 29.2 Å². The van der Waals surface area contributed by atoms with Gasteiger partial charge in [-0.2, -0.15) is 18.3 Å². The Hall–Kier alpha value is -3.53. The van der Waals surface area contributed by atoms with Crippen molar-refractivity contribution in [3.8, 4) is 0 Å². The second kappa shape index (κ2) is 8.54. The number of urea groups is 1. The van der Waals surface area contributed by atoms with Crippen LogP contribution >= 0.6 is 11.6 Å². The summed E-state index contributed by atoms with van der Waals surface area (Å²) < 4.78 is 52.1. The van der Waals surface area contributed by atoms with E-state index in [1.165, 1.54) is 30.3 Å². The van der Waals surface area contributed by atoms with Crippen LogP contribution in [0.3, 0.4) is 0 Å². The van der Waals surface area contributed by atoms with Crippen LogP contribution in [-0.2, 0) is 6.18 Å². The van der Waals surface area contributed by atoms with Gasteiger partial charge in [-0.15, -0.1) is 0 Å². The molecule has 11 heteroatoms. The number of aromatic nitrogens is 2. The normalized spacial score (nSPS) is 16.1. The lowest BCUT2D eigenvalue weighted by atomic mass is 9.94. The molecular formula is C21H14ClF4N5O. The van der Waals surface area contributed by atoms with Gasteiger partial charge in [-0.1, -0.05) is 29.8 Å². The minimum atomic E-state index is -4.52. The van der Waals surface area contributed by atoms with Crippen molar-refractivity contribution in [1.29, 1.82) is 0 Å². The Morgan fingerprint density at radius 1 is 1.09 bits per heavy atom. The van der Waals surface area contributed by atoms with Gasteiger partial charge in [0.15, 0.2) is 0 Å². The number of anilines is 1. The van der Waals surface area contributed by atoms with E-state index >= 15 is 0 Å². The maximum Gasteiger partial charge on any atom is 0.417 e. The zero-order valence-corrected chi connectivity index (χ0v) is 16.9. The summed E-state index contributed by atoms with van der Waals surface area (Å²) >= 11 is 5.83. The molecule has 0 spiro atoms. The second-order valence-electron chi connectivity index (χ2n) is 6.87. The number of pyridine rings is 2. The van der Waals surface area contributed by atoms with Gasteiger partial charge in [-0.3, -0.25) is 10.3 Å². The Morgan fingerprint density at radius 2 is 1.84 bits per heavy atom. The van der Waals surface area contributed by atoms with Crippen LogP contribution in [0.15, 0.2) is 65.9 Å². The van der Waals surface area contributed by atoms with E-state index in [2.05, 4.69) is 20.4 Å². The lowest BCUT2D eigenvalue weighted by Gasteiger charge is -2.16. The van der Waals surface area contributed by atoms with Crippen LogP contribution in [0.2, 0.25) is 5.15 Å². The van der Waals surface area contributed by atoms with Gasteiger partial charge in [0.05, 0.1) is 29.4 Å². The number of hydrogen-bond donors (Lipinski definition) is 1. The number of nitrogens with one attached hydrogen (secondary N) is 1. The molecule has 0 aliphatic carbocycles. The van der Waals surface area contributed by atoms with Crippen LogP contribution in [0, 0.1) is 5.82 Å². The van der Waals surface area contributed by atoms with Crippen molar-refractivity contribution in [3.63, 3.8) is 0 Å². The molecule has 0 radical (unpaired) electrons. The Balaban J connectivity index is 1.64. The summed E-state index contributed by atoms with van der Waals surface area (Å²) in [6, 6.07) is 11.7. The van der Waals surface area contributed by atoms with Gasteiger partial charge in [-0.25, -0.2) is 19.2 Å². The first kappa shape index (κ1) is 21.7. The predicted molar refractivity (Wildman–Crippen MR) is 110 cm³/mol. The maximum absolute atomic E-state index is 13.4. The fraction of sp³-hybridized carbons (Fsp3) is 0.143. The standard InChI is InChI=1S/C21H14ClF4N5O/c22-17-2-1-3-18(28-17)29-20(32)31-11-15(16-9-6-13(10-27-16)21(24,25)26)19(30-31)12-4-7-14(23)8-5-12/h1-10,15H,11H2,(H,28,29,32). The molecule has 3 heterocycles. The number of alkyl halides is 3. The van der Waals surface area contributed by atoms with E-state index in [1.807, 2.05) is 0 Å². The Morgan fingerprint density at radius 3 is 2.47 bits per heavy atom. The zero-order chi connectivity index (χ0) is 22.9. The first-order valence-corrected chi connectivity index (χ1v) is 9.67. The van der Waals surface area contributed by atoms with Crippen LogP contribution in [0.1, 0.15) is 22.7 Å². The van der Waals surface area contributed by atoms with Gasteiger partial charge in [0.25, 0.3) is 0 Å². The van der Waals surface area contributed by atoms with E-state index in [9.17, 15) is 22.4 Å².